The van der Waals surface area contributed by atoms with Crippen molar-refractivity contribution in [2.75, 3.05) is 10.2 Å². The van der Waals surface area contributed by atoms with Crippen molar-refractivity contribution < 1.29 is 32.6 Å². The highest BCUT2D eigenvalue weighted by atomic mass is 19.2. The van der Waals surface area contributed by atoms with Gasteiger partial charge in [0.2, 0.25) is 5.91 Å². The molecule has 0 saturated carbocycles. The Morgan fingerprint density at radius 1 is 1.07 bits per heavy atom. The van der Waals surface area contributed by atoms with E-state index in [1.165, 1.54) is 35.2 Å². The molecular weight excluding hydrogens is 533 g/mol. The molecule has 1 aliphatic heterocycles. The number of hydrogen-bond acceptors (Lipinski definition) is 5. The summed E-state index contributed by atoms with van der Waals surface area (Å²) < 4.78 is 49.3. The van der Waals surface area contributed by atoms with Crippen LogP contribution in [0.3, 0.4) is 0 Å². The molecule has 0 saturated heterocycles. The fraction of sp³-hybridized carbons (Fsp3) is 0.312. The first-order valence-corrected chi connectivity index (χ1v) is 13.4. The van der Waals surface area contributed by atoms with Gasteiger partial charge in [-0.05, 0) is 42.2 Å². The standard InChI is InChI=1S/C32H31F3N2O4/c1-17(2)31(40)37-24-9-6-10-25(38)29(24)36-23-14-32(3,4)15-26(39)27(23)30(37)20-12-11-19(13-22(20)34)41-16-18-7-5-8-21(33)28(18)35/h5-13,17,30,36,38H,14-16H2,1-4H3. The average molecular weight is 565 g/mol. The van der Waals surface area contributed by atoms with Gasteiger partial charge in [0.15, 0.2) is 17.4 Å². The van der Waals surface area contributed by atoms with Crippen molar-refractivity contribution >= 4 is 23.1 Å². The van der Waals surface area contributed by atoms with Crippen LogP contribution in [0.1, 0.15) is 57.7 Å². The number of amides is 1. The Balaban J connectivity index is 1.64. The molecule has 1 atom stereocenters. The second kappa shape index (κ2) is 10.6. The number of nitrogens with one attached hydrogen (secondary N) is 1. The summed E-state index contributed by atoms with van der Waals surface area (Å²) in [6, 6.07) is 11.3. The van der Waals surface area contributed by atoms with Crippen LogP contribution in [0.4, 0.5) is 24.5 Å². The minimum absolute atomic E-state index is 0.0281. The third-order valence-electron chi connectivity index (χ3n) is 7.43. The minimum Gasteiger partial charge on any atom is -0.506 e. The SMILES string of the molecule is CC(C)C(=O)N1c2cccc(O)c2NC2=C(C(=O)CC(C)(C)C2)C1c1ccc(OCc2cccc(F)c2F)cc1F. The number of fused-ring (bicyclic) bond motifs is 1. The number of benzene rings is 3. The molecule has 5 rings (SSSR count). The molecule has 1 heterocycles. The zero-order valence-electron chi connectivity index (χ0n) is 23.2. The van der Waals surface area contributed by atoms with Crippen LogP contribution >= 0.6 is 0 Å². The molecule has 2 aliphatic rings. The molecule has 2 N–H and O–H groups in total. The lowest BCUT2D eigenvalue weighted by Gasteiger charge is -2.37. The smallest absolute Gasteiger partial charge is 0.230 e. The number of carbonyl (C=O) groups is 2. The minimum atomic E-state index is -1.13. The summed E-state index contributed by atoms with van der Waals surface area (Å²) in [6.45, 7) is 6.99. The van der Waals surface area contributed by atoms with Gasteiger partial charge in [-0.3, -0.25) is 14.5 Å². The fourth-order valence-electron chi connectivity index (χ4n) is 5.50. The molecule has 6 nitrogen and oxygen atoms in total. The topological polar surface area (TPSA) is 78.9 Å². The van der Waals surface area contributed by atoms with Crippen molar-refractivity contribution in [3.8, 4) is 11.5 Å². The summed E-state index contributed by atoms with van der Waals surface area (Å²) in [5, 5.41) is 14.0. The second-order valence-corrected chi connectivity index (χ2v) is 11.6. The van der Waals surface area contributed by atoms with E-state index >= 15 is 4.39 Å². The molecular formula is C32H31F3N2O4. The number of halogens is 3. The number of allylic oxidation sites excluding steroid dienone is 1. The zero-order chi connectivity index (χ0) is 29.6. The maximum Gasteiger partial charge on any atom is 0.230 e. The molecule has 3 aromatic rings. The van der Waals surface area contributed by atoms with Gasteiger partial charge in [0.05, 0.1) is 11.7 Å². The van der Waals surface area contributed by atoms with Crippen molar-refractivity contribution in [2.45, 2.75) is 53.2 Å². The largest absolute Gasteiger partial charge is 0.506 e. The van der Waals surface area contributed by atoms with Gasteiger partial charge < -0.3 is 15.2 Å². The highest BCUT2D eigenvalue weighted by molar-refractivity contribution is 6.07. The van der Waals surface area contributed by atoms with Crippen molar-refractivity contribution in [1.29, 1.82) is 0 Å². The van der Waals surface area contributed by atoms with Gasteiger partial charge in [-0.2, -0.15) is 0 Å². The predicted molar refractivity (Wildman–Crippen MR) is 149 cm³/mol. The summed E-state index contributed by atoms with van der Waals surface area (Å²) in [6.07, 6.45) is 0.627. The molecule has 1 amide bonds. The van der Waals surface area contributed by atoms with Crippen molar-refractivity contribution in [1.82, 2.24) is 0 Å². The van der Waals surface area contributed by atoms with Crippen molar-refractivity contribution in [3.05, 3.63) is 94.4 Å². The van der Waals surface area contributed by atoms with Gasteiger partial charge in [-0.15, -0.1) is 0 Å². The number of phenols is 1. The van der Waals surface area contributed by atoms with Gasteiger partial charge >= 0.3 is 0 Å². The van der Waals surface area contributed by atoms with Gasteiger partial charge in [0, 0.05) is 40.8 Å². The molecule has 0 aromatic heterocycles. The molecule has 0 fully saturated rings. The summed E-state index contributed by atoms with van der Waals surface area (Å²) in [7, 11) is 0. The lowest BCUT2D eigenvalue weighted by Crippen LogP contribution is -2.41. The number of anilines is 2. The number of para-hydroxylation sites is 1. The summed E-state index contributed by atoms with van der Waals surface area (Å²) in [5.41, 5.74) is 0.969. The van der Waals surface area contributed by atoms with Crippen LogP contribution in [0.5, 0.6) is 11.5 Å². The van der Waals surface area contributed by atoms with Crippen LogP contribution < -0.4 is 15.0 Å². The summed E-state index contributed by atoms with van der Waals surface area (Å²) in [4.78, 5) is 28.9. The van der Waals surface area contributed by atoms with Crippen LogP contribution in [-0.2, 0) is 16.2 Å². The Bertz CT molecular complexity index is 1580. The van der Waals surface area contributed by atoms with Gasteiger partial charge in [0.1, 0.15) is 29.6 Å². The molecule has 0 spiro atoms. The third-order valence-corrected chi connectivity index (χ3v) is 7.43. The van der Waals surface area contributed by atoms with Crippen LogP contribution in [0, 0.1) is 28.8 Å². The van der Waals surface area contributed by atoms with E-state index in [9.17, 15) is 23.5 Å². The maximum absolute atomic E-state index is 16.0. The number of hydrogen-bond donors (Lipinski definition) is 2. The number of nitrogens with zero attached hydrogens (tertiary/aromatic N) is 1. The highest BCUT2D eigenvalue weighted by Crippen LogP contribution is 2.51. The highest BCUT2D eigenvalue weighted by Gasteiger charge is 2.45. The molecule has 1 aliphatic carbocycles. The number of ketones is 1. The van der Waals surface area contributed by atoms with Gasteiger partial charge in [0.25, 0.3) is 0 Å². The van der Waals surface area contributed by atoms with E-state index in [4.69, 9.17) is 4.74 Å². The van der Waals surface area contributed by atoms with E-state index in [1.54, 1.807) is 26.0 Å². The van der Waals surface area contributed by atoms with Crippen LogP contribution in [-0.4, -0.2) is 16.8 Å². The molecule has 41 heavy (non-hydrogen) atoms. The Hall–Kier alpha value is -4.27. The molecule has 0 radical (unpaired) electrons. The Morgan fingerprint density at radius 3 is 2.51 bits per heavy atom. The Morgan fingerprint density at radius 2 is 1.80 bits per heavy atom. The van der Waals surface area contributed by atoms with Gasteiger partial charge in [-0.25, -0.2) is 13.2 Å². The number of phenolic OH excluding ortho intramolecular Hbond substituents is 1. The normalized spacial score (nSPS) is 18.0. The van der Waals surface area contributed by atoms with Crippen LogP contribution in [0.25, 0.3) is 0 Å². The van der Waals surface area contributed by atoms with E-state index in [0.717, 1.165) is 12.1 Å². The Kier molecular flexibility index (Phi) is 7.32. The second-order valence-electron chi connectivity index (χ2n) is 11.6. The first kappa shape index (κ1) is 28.3. The molecule has 0 bridgehead atoms. The van der Waals surface area contributed by atoms with E-state index < -0.39 is 34.8 Å². The monoisotopic (exact) mass is 564 g/mol. The van der Waals surface area contributed by atoms with E-state index in [1.807, 2.05) is 13.8 Å². The van der Waals surface area contributed by atoms with Crippen molar-refractivity contribution in [3.63, 3.8) is 0 Å². The number of carbonyl (C=O) groups excluding carboxylic acids is 2. The molecule has 1 unspecified atom stereocenters. The van der Waals surface area contributed by atoms with Crippen LogP contribution in [0.15, 0.2) is 65.9 Å². The molecule has 3 aromatic carbocycles. The summed E-state index contributed by atoms with van der Waals surface area (Å²) in [5.74, 6) is -3.97. The van der Waals surface area contributed by atoms with Gasteiger partial charge in [-0.1, -0.05) is 45.9 Å². The van der Waals surface area contributed by atoms with Crippen LogP contribution in [0.2, 0.25) is 0 Å². The number of rotatable bonds is 5. The molecule has 214 valence electrons. The zero-order valence-corrected chi connectivity index (χ0v) is 23.2. The number of Topliss-reactive ketones (excluding diaryl/α,β-unsaturated/α-hetero) is 1. The molecule has 9 heteroatoms. The fourth-order valence-corrected chi connectivity index (χ4v) is 5.50. The maximum atomic E-state index is 16.0. The average Bonchev–Trinajstić information content (AvgIpc) is 3.03. The number of aromatic hydroxyl groups is 1. The van der Waals surface area contributed by atoms with E-state index in [2.05, 4.69) is 5.32 Å². The number of ether oxygens (including phenoxy) is 1. The van der Waals surface area contributed by atoms with Crippen molar-refractivity contribution in [2.24, 2.45) is 11.3 Å². The van der Waals surface area contributed by atoms with E-state index in [-0.39, 0.29) is 58.6 Å². The first-order valence-electron chi connectivity index (χ1n) is 13.4. The summed E-state index contributed by atoms with van der Waals surface area (Å²) >= 11 is 0. The lowest BCUT2D eigenvalue weighted by atomic mass is 9.73. The predicted octanol–water partition coefficient (Wildman–Crippen LogP) is 7.19. The first-order chi connectivity index (χ1) is 19.4. The Labute approximate surface area is 236 Å². The third kappa shape index (κ3) is 5.28. The van der Waals surface area contributed by atoms with E-state index in [0.29, 0.717) is 17.8 Å². The quantitative estimate of drug-likeness (QED) is 0.321. The lowest BCUT2D eigenvalue weighted by molar-refractivity contribution is -0.122.